The fourth-order valence-corrected chi connectivity index (χ4v) is 3.78. The molecule has 1 fully saturated rings. The topological polar surface area (TPSA) is 140 Å². The van der Waals surface area contributed by atoms with E-state index in [9.17, 15) is 24.6 Å². The molecule has 2 aromatic carbocycles. The third-order valence-corrected chi connectivity index (χ3v) is 5.56. The van der Waals surface area contributed by atoms with E-state index in [1.54, 1.807) is 30.3 Å². The predicted octanol–water partition coefficient (Wildman–Crippen LogP) is 0.805. The van der Waals surface area contributed by atoms with Gasteiger partial charge in [0, 0.05) is 12.3 Å². The third kappa shape index (κ3) is 5.15. The molecule has 0 bridgehead atoms. The molecule has 0 aliphatic carbocycles. The summed E-state index contributed by atoms with van der Waals surface area (Å²) in [6.45, 7) is -0.237. The van der Waals surface area contributed by atoms with Crippen LogP contribution in [0, 0.1) is 5.92 Å². The molecular formula is C24H24N2O8. The molecule has 1 aliphatic rings. The summed E-state index contributed by atoms with van der Waals surface area (Å²) in [5.74, 6) is -4.41. The van der Waals surface area contributed by atoms with Gasteiger partial charge in [-0.25, -0.2) is 9.59 Å². The van der Waals surface area contributed by atoms with Gasteiger partial charge < -0.3 is 24.4 Å². The van der Waals surface area contributed by atoms with Crippen LogP contribution in [0.2, 0.25) is 0 Å². The zero-order valence-electron chi connectivity index (χ0n) is 18.1. The van der Waals surface area contributed by atoms with Crippen molar-refractivity contribution in [3.63, 3.8) is 0 Å². The van der Waals surface area contributed by atoms with Gasteiger partial charge >= 0.3 is 11.7 Å². The second kappa shape index (κ2) is 10.1. The van der Waals surface area contributed by atoms with Crippen LogP contribution in [0.3, 0.4) is 0 Å². The van der Waals surface area contributed by atoms with Crippen LogP contribution in [0.5, 0.6) is 0 Å². The minimum atomic E-state index is -2.61. The number of benzene rings is 2. The van der Waals surface area contributed by atoms with Gasteiger partial charge in [-0.2, -0.15) is 0 Å². The van der Waals surface area contributed by atoms with Gasteiger partial charge in [0.05, 0.1) is 30.8 Å². The summed E-state index contributed by atoms with van der Waals surface area (Å²) in [4.78, 5) is 38.2. The van der Waals surface area contributed by atoms with Gasteiger partial charge in [0.15, 0.2) is 6.23 Å². The number of rotatable bonds is 8. The number of nitrogens with one attached hydrogen (secondary N) is 1. The molecule has 178 valence electrons. The third-order valence-electron chi connectivity index (χ3n) is 5.56. The zero-order valence-corrected chi connectivity index (χ0v) is 18.1. The first-order valence-corrected chi connectivity index (χ1v) is 10.6. The number of carbonyl (C=O) groups excluding carboxylic acids is 1. The number of carbonyl (C=O) groups is 1. The van der Waals surface area contributed by atoms with E-state index in [0.29, 0.717) is 5.56 Å². The lowest BCUT2D eigenvalue weighted by Crippen LogP contribution is -2.47. The highest BCUT2D eigenvalue weighted by molar-refractivity contribution is 5.89. The fraction of sp³-hybridized carbons (Fsp3) is 0.292. The van der Waals surface area contributed by atoms with Crippen molar-refractivity contribution in [1.29, 1.82) is 0 Å². The normalized spacial score (nSPS) is 21.3. The van der Waals surface area contributed by atoms with Gasteiger partial charge in [0.1, 0.15) is 6.61 Å². The summed E-state index contributed by atoms with van der Waals surface area (Å²) in [5, 5.41) is 21.9. The van der Waals surface area contributed by atoms with Crippen molar-refractivity contribution in [3.8, 4) is 0 Å². The lowest BCUT2D eigenvalue weighted by Gasteiger charge is -2.28. The van der Waals surface area contributed by atoms with Gasteiger partial charge in [-0.05, 0) is 17.7 Å². The molecule has 1 aliphatic heterocycles. The van der Waals surface area contributed by atoms with E-state index in [1.165, 1.54) is 0 Å². The van der Waals surface area contributed by atoms with Crippen molar-refractivity contribution in [1.82, 2.24) is 9.55 Å². The highest BCUT2D eigenvalue weighted by atomic mass is 16.6. The maximum atomic E-state index is 12.4. The van der Waals surface area contributed by atoms with E-state index < -0.39 is 47.9 Å². The molecule has 0 saturated carbocycles. The number of aliphatic hydroxyl groups is 2. The first kappa shape index (κ1) is 23.6. The number of aromatic nitrogens is 2. The number of esters is 1. The second-order valence-electron chi connectivity index (χ2n) is 7.90. The minimum Gasteiger partial charge on any atom is -0.461 e. The standard InChI is InChI=1S/C24H24N2O8/c27-20-11-12-26(23(29)25-20)22-24(30,31)18(14-33-21(28)17-9-5-2-6-10-17)19(34-22)15-32-13-16-7-3-1-4-8-16/h1-12,18-19,22,30-31H,13-15H2,(H,25,27,29)/t18-,19-,22-/m1/s1. The Morgan fingerprint density at radius 3 is 2.35 bits per heavy atom. The van der Waals surface area contributed by atoms with Crippen molar-refractivity contribution in [2.24, 2.45) is 5.92 Å². The largest absolute Gasteiger partial charge is 0.461 e. The Kier molecular flexibility index (Phi) is 7.03. The molecule has 10 nitrogen and oxygen atoms in total. The maximum Gasteiger partial charge on any atom is 0.338 e. The van der Waals surface area contributed by atoms with Crippen molar-refractivity contribution >= 4 is 5.97 Å². The van der Waals surface area contributed by atoms with Crippen LogP contribution in [0.4, 0.5) is 0 Å². The monoisotopic (exact) mass is 468 g/mol. The van der Waals surface area contributed by atoms with Gasteiger partial charge in [-0.3, -0.25) is 14.3 Å². The summed E-state index contributed by atoms with van der Waals surface area (Å²) >= 11 is 0. The molecule has 34 heavy (non-hydrogen) atoms. The molecule has 1 saturated heterocycles. The van der Waals surface area contributed by atoms with E-state index >= 15 is 0 Å². The van der Waals surface area contributed by atoms with E-state index in [0.717, 1.165) is 22.4 Å². The van der Waals surface area contributed by atoms with Crippen LogP contribution >= 0.6 is 0 Å². The Morgan fingerprint density at radius 2 is 1.68 bits per heavy atom. The molecular weight excluding hydrogens is 444 g/mol. The molecule has 10 heteroatoms. The molecule has 0 spiro atoms. The van der Waals surface area contributed by atoms with Gasteiger partial charge in [-0.1, -0.05) is 48.5 Å². The number of aromatic amines is 1. The Morgan fingerprint density at radius 1 is 1.00 bits per heavy atom. The van der Waals surface area contributed by atoms with Crippen LogP contribution in [0.25, 0.3) is 0 Å². The van der Waals surface area contributed by atoms with E-state index in [2.05, 4.69) is 4.98 Å². The van der Waals surface area contributed by atoms with Crippen molar-refractivity contribution in [2.45, 2.75) is 24.7 Å². The van der Waals surface area contributed by atoms with Gasteiger partial charge in [0.25, 0.3) is 5.56 Å². The van der Waals surface area contributed by atoms with Crippen LogP contribution in [-0.4, -0.2) is 50.8 Å². The highest BCUT2D eigenvalue weighted by Gasteiger charge is 2.56. The quantitative estimate of drug-likeness (QED) is 0.326. The number of hydrogen-bond donors (Lipinski definition) is 3. The van der Waals surface area contributed by atoms with E-state index in [1.807, 2.05) is 30.3 Å². The fourth-order valence-electron chi connectivity index (χ4n) is 3.78. The van der Waals surface area contributed by atoms with Crippen LogP contribution in [-0.2, 0) is 20.8 Å². The number of ether oxygens (including phenoxy) is 3. The lowest BCUT2D eigenvalue weighted by molar-refractivity contribution is -0.240. The molecule has 2 heterocycles. The number of nitrogens with zero attached hydrogens (tertiary/aromatic N) is 1. The van der Waals surface area contributed by atoms with Crippen molar-refractivity contribution in [2.75, 3.05) is 13.2 Å². The first-order chi connectivity index (χ1) is 16.4. The average molecular weight is 468 g/mol. The highest BCUT2D eigenvalue weighted by Crippen LogP contribution is 2.41. The molecule has 1 aromatic heterocycles. The van der Waals surface area contributed by atoms with Crippen molar-refractivity contribution in [3.05, 3.63) is 105 Å². The molecule has 0 radical (unpaired) electrons. The Hall–Kier alpha value is -3.57. The van der Waals surface area contributed by atoms with Crippen LogP contribution in [0.1, 0.15) is 22.1 Å². The zero-order chi connectivity index (χ0) is 24.1. The summed E-state index contributed by atoms with van der Waals surface area (Å²) < 4.78 is 17.7. The summed E-state index contributed by atoms with van der Waals surface area (Å²) in [7, 11) is 0. The maximum absolute atomic E-state index is 12.4. The molecule has 3 N–H and O–H groups in total. The van der Waals surface area contributed by atoms with E-state index in [-0.39, 0.29) is 13.2 Å². The summed E-state index contributed by atoms with van der Waals surface area (Å²) in [6.07, 6.45) is -1.40. The Bertz CT molecular complexity index is 1220. The molecule has 3 atom stereocenters. The Labute approximate surface area is 194 Å². The number of H-pyrrole nitrogens is 1. The lowest BCUT2D eigenvalue weighted by atomic mass is 9.95. The van der Waals surface area contributed by atoms with Gasteiger partial charge in [0.2, 0.25) is 5.79 Å². The van der Waals surface area contributed by atoms with Crippen molar-refractivity contribution < 1.29 is 29.2 Å². The molecule has 0 amide bonds. The SMILES string of the molecule is O=C(OC[C@@H]1[C@@H](COCc2ccccc2)O[C@@H](n2ccc(=O)[nH]c2=O)C1(O)O)c1ccccc1. The van der Waals surface area contributed by atoms with E-state index in [4.69, 9.17) is 14.2 Å². The summed E-state index contributed by atoms with van der Waals surface area (Å²) in [5.41, 5.74) is -0.318. The van der Waals surface area contributed by atoms with Crippen LogP contribution < -0.4 is 11.2 Å². The molecule has 4 rings (SSSR count). The smallest absolute Gasteiger partial charge is 0.338 e. The second-order valence-corrected chi connectivity index (χ2v) is 7.90. The van der Waals surface area contributed by atoms with Gasteiger partial charge in [-0.15, -0.1) is 0 Å². The number of hydrogen-bond acceptors (Lipinski definition) is 8. The molecule has 3 aromatic rings. The average Bonchev–Trinajstić information content (AvgIpc) is 3.08. The minimum absolute atomic E-state index is 0.0695. The first-order valence-electron chi connectivity index (χ1n) is 10.6. The Balaban J connectivity index is 1.53. The summed E-state index contributed by atoms with van der Waals surface area (Å²) in [6, 6.07) is 18.7. The predicted molar refractivity (Wildman–Crippen MR) is 119 cm³/mol. The van der Waals surface area contributed by atoms with Crippen LogP contribution in [0.15, 0.2) is 82.5 Å². The molecule has 0 unspecified atom stereocenters.